The maximum absolute atomic E-state index is 15.8. The second kappa shape index (κ2) is 23.1. The zero-order chi connectivity index (χ0) is 49.9. The third-order valence-electron chi connectivity index (χ3n) is 11.1. The van der Waals surface area contributed by atoms with Crippen molar-refractivity contribution in [1.29, 1.82) is 0 Å². The van der Waals surface area contributed by atoms with Gasteiger partial charge in [0.05, 0.1) is 37.6 Å². The number of hydrogen-bond acceptors (Lipinski definition) is 9. The number of rotatable bonds is 14. The quantitative estimate of drug-likeness (QED) is 0.0899. The Kier molecular flexibility index (Phi) is 17.3. The third kappa shape index (κ3) is 12.5. The van der Waals surface area contributed by atoms with E-state index < -0.39 is 68.4 Å². The van der Waals surface area contributed by atoms with Crippen molar-refractivity contribution in [3.05, 3.63) is 107 Å². The number of alkyl halides is 6. The van der Waals surface area contributed by atoms with E-state index in [-0.39, 0.29) is 124 Å². The van der Waals surface area contributed by atoms with Crippen molar-refractivity contribution in [2.75, 3.05) is 78.8 Å². The molecule has 0 unspecified atom stereocenters. The van der Waals surface area contributed by atoms with E-state index in [9.17, 15) is 19.2 Å². The fourth-order valence-electron chi connectivity index (χ4n) is 8.00. The molecule has 2 saturated heterocycles. The van der Waals surface area contributed by atoms with Crippen LogP contribution < -0.4 is 9.47 Å². The summed E-state index contributed by atoms with van der Waals surface area (Å²) in [5.74, 6) is -0.921. The molecule has 19 heteroatoms. The summed E-state index contributed by atoms with van der Waals surface area (Å²) in [4.78, 5) is 56.0. The fraction of sp³-hybridized carbons (Fsp3) is 0.360. The number of halogens is 6. The summed E-state index contributed by atoms with van der Waals surface area (Å²) in [6, 6.07) is 16.7. The molecule has 0 bridgehead atoms. The second-order valence-corrected chi connectivity index (χ2v) is 16.5. The molecule has 0 radical (unpaired) electrons. The number of ether oxygens (including phenoxy) is 4. The molecule has 2 aliphatic heterocycles. The van der Waals surface area contributed by atoms with Gasteiger partial charge in [-0.2, -0.15) is 26.3 Å². The number of para-hydroxylation sites is 2. The average Bonchev–Trinajstić information content (AvgIpc) is 3.32. The molecule has 0 aliphatic carbocycles. The Labute approximate surface area is 400 Å². The normalized spacial score (nSPS) is 14.6. The summed E-state index contributed by atoms with van der Waals surface area (Å²) < 4.78 is 117. The van der Waals surface area contributed by atoms with Crippen LogP contribution in [-0.4, -0.2) is 122 Å². The number of amides is 4. The summed E-state index contributed by atoms with van der Waals surface area (Å²) >= 11 is 0.269. The monoisotopic (exact) mass is 982 g/mol. The minimum atomic E-state index is -5.16. The first-order valence-electron chi connectivity index (χ1n) is 22.4. The van der Waals surface area contributed by atoms with Gasteiger partial charge in [-0.25, -0.2) is 9.59 Å². The second-order valence-electron chi connectivity index (χ2n) is 15.5. The van der Waals surface area contributed by atoms with Crippen molar-refractivity contribution in [1.82, 2.24) is 19.6 Å². The number of carbonyl (C=O) groups is 4. The van der Waals surface area contributed by atoms with E-state index in [4.69, 9.17) is 18.9 Å². The topological polar surface area (TPSA) is 118 Å². The van der Waals surface area contributed by atoms with Gasteiger partial charge in [0.1, 0.15) is 11.5 Å². The molecule has 4 aromatic carbocycles. The standard InChI is InChI=1S/C50H52F6N4O8S/c1-5-65-37-15-11-9-13-35(37)43-33(19-23-41(61)57-25-29-59(30-26-57)47(63)67-7-3)17-21-39(45(43)49(51,52)53)69-40-22-18-34(20-24-42(62)58-27-31-60(32-28-58)48(64)68-8-4)44(46(40)50(54,55)56)36-14-10-12-16-38(36)66-6-2/h9-24H,5-8,25-32H2,1-4H3/b23-19+,24-20+. The van der Waals surface area contributed by atoms with Crippen molar-refractivity contribution >= 4 is 47.9 Å². The van der Waals surface area contributed by atoms with Gasteiger partial charge in [0.15, 0.2) is 0 Å². The SMILES string of the molecule is CCOC(=O)N1CCN(C(=O)/C=C/c2ccc(Sc3ccc(/C=C/C(=O)N4CCN(C(=O)OCC)CC4)c(-c4ccccc4OCC)c3C(F)(F)F)c(C(F)(F)F)c2-c2ccccc2OCC)CC1. The van der Waals surface area contributed by atoms with Crippen LogP contribution in [0.2, 0.25) is 0 Å². The van der Waals surface area contributed by atoms with Crippen LogP contribution in [0.1, 0.15) is 49.9 Å². The Morgan fingerprint density at radius 2 is 0.855 bits per heavy atom. The molecule has 2 aliphatic rings. The highest BCUT2D eigenvalue weighted by Gasteiger charge is 2.42. The Morgan fingerprint density at radius 3 is 1.19 bits per heavy atom. The summed E-state index contributed by atoms with van der Waals surface area (Å²) in [5.41, 5.74) is -3.54. The molecule has 368 valence electrons. The molecule has 0 saturated carbocycles. The Bertz CT molecular complexity index is 2380. The first-order chi connectivity index (χ1) is 33.0. The van der Waals surface area contributed by atoms with Gasteiger partial charge < -0.3 is 38.5 Å². The van der Waals surface area contributed by atoms with Crippen LogP contribution >= 0.6 is 11.8 Å². The lowest BCUT2D eigenvalue weighted by molar-refractivity contribution is -0.139. The van der Waals surface area contributed by atoms with E-state index in [1.165, 1.54) is 80.3 Å². The lowest BCUT2D eigenvalue weighted by atomic mass is 9.92. The molecule has 0 spiro atoms. The van der Waals surface area contributed by atoms with Crippen molar-refractivity contribution in [3.63, 3.8) is 0 Å². The lowest BCUT2D eigenvalue weighted by Crippen LogP contribution is -2.50. The van der Waals surface area contributed by atoms with Crippen LogP contribution in [0.3, 0.4) is 0 Å². The Hall–Kier alpha value is -6.63. The van der Waals surface area contributed by atoms with Crippen LogP contribution in [0.4, 0.5) is 35.9 Å². The molecule has 0 N–H and O–H groups in total. The minimum Gasteiger partial charge on any atom is -0.493 e. The molecule has 2 fully saturated rings. The van der Waals surface area contributed by atoms with Crippen LogP contribution in [0, 0.1) is 0 Å². The fourth-order valence-corrected chi connectivity index (χ4v) is 9.15. The maximum atomic E-state index is 15.8. The zero-order valence-corrected chi connectivity index (χ0v) is 39.3. The first-order valence-corrected chi connectivity index (χ1v) is 23.2. The van der Waals surface area contributed by atoms with Gasteiger partial charge in [-0.1, -0.05) is 60.3 Å². The van der Waals surface area contributed by atoms with Gasteiger partial charge in [-0.3, -0.25) is 9.59 Å². The summed E-state index contributed by atoms with van der Waals surface area (Å²) in [5, 5.41) is 0. The number of hydrogen-bond donors (Lipinski definition) is 0. The molecule has 69 heavy (non-hydrogen) atoms. The first kappa shape index (κ1) is 51.8. The van der Waals surface area contributed by atoms with Gasteiger partial charge in [0.25, 0.3) is 0 Å². The van der Waals surface area contributed by atoms with Gasteiger partial charge in [-0.15, -0.1) is 0 Å². The molecule has 6 rings (SSSR count). The van der Waals surface area contributed by atoms with Gasteiger partial charge >= 0.3 is 24.5 Å². The van der Waals surface area contributed by atoms with Crippen LogP contribution in [0.15, 0.2) is 94.7 Å². The molecule has 0 aromatic heterocycles. The number of piperazine rings is 2. The van der Waals surface area contributed by atoms with Crippen LogP contribution in [0.25, 0.3) is 34.4 Å². The predicted octanol–water partition coefficient (Wildman–Crippen LogP) is 10.6. The Morgan fingerprint density at radius 1 is 0.507 bits per heavy atom. The van der Waals surface area contributed by atoms with Crippen LogP contribution in [-0.2, 0) is 31.4 Å². The highest BCUT2D eigenvalue weighted by molar-refractivity contribution is 7.99. The zero-order valence-electron chi connectivity index (χ0n) is 38.5. The predicted molar refractivity (Wildman–Crippen MR) is 249 cm³/mol. The molecular formula is C50H52F6N4O8S. The highest BCUT2D eigenvalue weighted by atomic mass is 32.2. The van der Waals surface area contributed by atoms with Gasteiger partial charge in [0, 0.05) is 96.6 Å². The largest absolute Gasteiger partial charge is 0.493 e. The van der Waals surface area contributed by atoms with Crippen molar-refractivity contribution in [2.24, 2.45) is 0 Å². The smallest absolute Gasteiger partial charge is 0.418 e. The van der Waals surface area contributed by atoms with Gasteiger partial charge in [-0.05, 0) is 75.2 Å². The molecule has 0 atom stereocenters. The number of nitrogens with zero attached hydrogens (tertiary/aromatic N) is 4. The molecule has 2 heterocycles. The minimum absolute atomic E-state index is 0.0147. The third-order valence-corrected chi connectivity index (χ3v) is 12.3. The number of carbonyl (C=O) groups excluding carboxylic acids is 4. The summed E-state index contributed by atoms with van der Waals surface area (Å²) in [6.45, 7) is 8.45. The van der Waals surface area contributed by atoms with Crippen LogP contribution in [0.5, 0.6) is 11.5 Å². The average molecular weight is 983 g/mol. The van der Waals surface area contributed by atoms with E-state index in [0.717, 1.165) is 24.3 Å². The summed E-state index contributed by atoms with van der Waals surface area (Å²) in [6.07, 6.45) is -6.67. The van der Waals surface area contributed by atoms with Crippen molar-refractivity contribution in [3.8, 4) is 33.8 Å². The number of benzene rings is 4. The lowest BCUT2D eigenvalue weighted by Gasteiger charge is -2.33. The Balaban J connectivity index is 1.47. The van der Waals surface area contributed by atoms with E-state index in [1.54, 1.807) is 39.8 Å². The van der Waals surface area contributed by atoms with Gasteiger partial charge in [0.2, 0.25) is 11.8 Å². The van der Waals surface area contributed by atoms with E-state index >= 15 is 26.3 Å². The van der Waals surface area contributed by atoms with E-state index in [0.29, 0.717) is 0 Å². The van der Waals surface area contributed by atoms with E-state index in [1.807, 2.05) is 0 Å². The molecular weight excluding hydrogens is 931 g/mol. The maximum Gasteiger partial charge on any atom is 0.418 e. The summed E-state index contributed by atoms with van der Waals surface area (Å²) in [7, 11) is 0. The highest BCUT2D eigenvalue weighted by Crippen LogP contribution is 2.52. The molecule has 4 amide bonds. The van der Waals surface area contributed by atoms with Crippen molar-refractivity contribution < 1.29 is 64.5 Å². The molecule has 12 nitrogen and oxygen atoms in total. The van der Waals surface area contributed by atoms with Crippen molar-refractivity contribution in [2.45, 2.75) is 49.8 Å². The molecule has 4 aromatic rings. The van der Waals surface area contributed by atoms with E-state index in [2.05, 4.69) is 0 Å².